The molecule has 0 amide bonds. The summed E-state index contributed by atoms with van der Waals surface area (Å²) in [6.45, 7) is 4.00. The van der Waals surface area contributed by atoms with Gasteiger partial charge in [-0.3, -0.25) is 4.79 Å². The maximum absolute atomic E-state index is 13.6. The van der Waals surface area contributed by atoms with Gasteiger partial charge in [0.15, 0.2) is 11.6 Å². The second kappa shape index (κ2) is 4.53. The van der Waals surface area contributed by atoms with Gasteiger partial charge in [-0.25, -0.2) is 9.37 Å². The van der Waals surface area contributed by atoms with E-state index in [4.69, 9.17) is 4.74 Å². The van der Waals surface area contributed by atoms with Gasteiger partial charge < -0.3 is 9.72 Å². The van der Waals surface area contributed by atoms with Crippen molar-refractivity contribution in [1.29, 1.82) is 0 Å². The second-order valence-electron chi connectivity index (χ2n) is 3.80. The number of nitrogens with one attached hydrogen (secondary N) is 1. The van der Waals surface area contributed by atoms with Crippen LogP contribution in [0, 0.1) is 12.7 Å². The summed E-state index contributed by atoms with van der Waals surface area (Å²) in [6, 6.07) is 2.62. The van der Waals surface area contributed by atoms with Crippen LogP contribution in [-0.2, 0) is 0 Å². The quantitative estimate of drug-likeness (QED) is 0.888. The van der Waals surface area contributed by atoms with Crippen LogP contribution in [0.1, 0.15) is 19.2 Å². The molecule has 1 N–H and O–H groups in total. The van der Waals surface area contributed by atoms with Crippen molar-refractivity contribution >= 4 is 10.9 Å². The van der Waals surface area contributed by atoms with Crippen molar-refractivity contribution in [3.05, 3.63) is 34.1 Å². The second-order valence-corrected chi connectivity index (χ2v) is 3.80. The SMILES string of the molecule is CCCOc1cc2c(=O)[nH]c(C)nc2cc1F. The molecule has 0 saturated heterocycles. The smallest absolute Gasteiger partial charge is 0.258 e. The Labute approximate surface area is 97.5 Å². The van der Waals surface area contributed by atoms with Gasteiger partial charge in [0.1, 0.15) is 5.82 Å². The van der Waals surface area contributed by atoms with Crippen molar-refractivity contribution in [2.45, 2.75) is 20.3 Å². The highest BCUT2D eigenvalue weighted by atomic mass is 19.1. The summed E-state index contributed by atoms with van der Waals surface area (Å²) < 4.78 is 18.9. The van der Waals surface area contributed by atoms with Crippen LogP contribution in [0.3, 0.4) is 0 Å². The molecule has 0 aliphatic heterocycles. The first-order chi connectivity index (χ1) is 8.11. The largest absolute Gasteiger partial charge is 0.491 e. The van der Waals surface area contributed by atoms with Gasteiger partial charge >= 0.3 is 0 Å². The van der Waals surface area contributed by atoms with Crippen molar-refractivity contribution < 1.29 is 9.13 Å². The summed E-state index contributed by atoms with van der Waals surface area (Å²) in [4.78, 5) is 18.3. The first-order valence-electron chi connectivity index (χ1n) is 5.44. The third kappa shape index (κ3) is 2.27. The van der Waals surface area contributed by atoms with Crippen LogP contribution in [0.5, 0.6) is 5.75 Å². The number of halogens is 1. The van der Waals surface area contributed by atoms with E-state index in [1.807, 2.05) is 6.92 Å². The Morgan fingerprint density at radius 1 is 1.47 bits per heavy atom. The lowest BCUT2D eigenvalue weighted by Gasteiger charge is -2.07. The zero-order valence-electron chi connectivity index (χ0n) is 9.71. The molecule has 17 heavy (non-hydrogen) atoms. The topological polar surface area (TPSA) is 55.0 Å². The monoisotopic (exact) mass is 236 g/mol. The fourth-order valence-electron chi connectivity index (χ4n) is 1.58. The van der Waals surface area contributed by atoms with Crippen LogP contribution in [0.4, 0.5) is 4.39 Å². The van der Waals surface area contributed by atoms with Crippen LogP contribution in [0.2, 0.25) is 0 Å². The molecule has 1 heterocycles. The maximum Gasteiger partial charge on any atom is 0.258 e. The fourth-order valence-corrected chi connectivity index (χ4v) is 1.58. The van der Waals surface area contributed by atoms with E-state index in [0.717, 1.165) is 6.42 Å². The molecular formula is C12H13FN2O2. The number of aryl methyl sites for hydroxylation is 1. The number of ether oxygens (including phenoxy) is 1. The molecule has 0 saturated carbocycles. The van der Waals surface area contributed by atoms with Gasteiger partial charge in [0.2, 0.25) is 0 Å². The Morgan fingerprint density at radius 3 is 2.94 bits per heavy atom. The van der Waals surface area contributed by atoms with Crippen LogP contribution >= 0.6 is 0 Å². The van der Waals surface area contributed by atoms with Gasteiger partial charge in [-0.1, -0.05) is 6.92 Å². The summed E-state index contributed by atoms with van der Waals surface area (Å²) in [5.74, 6) is 0.0584. The normalized spacial score (nSPS) is 10.8. The Balaban J connectivity index is 2.59. The lowest BCUT2D eigenvalue weighted by atomic mass is 10.2. The molecule has 2 aromatic rings. The zero-order chi connectivity index (χ0) is 12.4. The Morgan fingerprint density at radius 2 is 2.24 bits per heavy atom. The number of nitrogens with zero attached hydrogens (tertiary/aromatic N) is 1. The van der Waals surface area contributed by atoms with Crippen molar-refractivity contribution in [3.63, 3.8) is 0 Å². The van der Waals surface area contributed by atoms with Crippen molar-refractivity contribution in [2.75, 3.05) is 6.61 Å². The van der Waals surface area contributed by atoms with Crippen LogP contribution in [0.15, 0.2) is 16.9 Å². The summed E-state index contributed by atoms with van der Waals surface area (Å²) in [5, 5.41) is 0.336. The molecule has 5 heteroatoms. The van der Waals surface area contributed by atoms with Gasteiger partial charge in [0.25, 0.3) is 5.56 Å². The standard InChI is InChI=1S/C12H13FN2O2/c1-3-4-17-11-5-8-10(6-9(11)13)14-7(2)15-12(8)16/h5-6H,3-4H2,1-2H3,(H,14,15,16). The number of H-pyrrole nitrogens is 1. The Bertz CT molecular complexity index is 607. The lowest BCUT2D eigenvalue weighted by molar-refractivity contribution is 0.302. The third-order valence-corrected chi connectivity index (χ3v) is 2.34. The molecule has 0 atom stereocenters. The molecule has 0 radical (unpaired) electrons. The summed E-state index contributed by atoms with van der Waals surface area (Å²) in [7, 11) is 0. The highest BCUT2D eigenvalue weighted by Crippen LogP contribution is 2.21. The molecule has 4 nitrogen and oxygen atoms in total. The predicted octanol–water partition coefficient (Wildman–Crippen LogP) is 2.16. The van der Waals surface area contributed by atoms with E-state index < -0.39 is 5.82 Å². The molecule has 0 unspecified atom stereocenters. The van der Waals surface area contributed by atoms with Gasteiger partial charge in [-0.2, -0.15) is 0 Å². The third-order valence-electron chi connectivity index (χ3n) is 2.34. The summed E-state index contributed by atoms with van der Waals surface area (Å²) in [5.41, 5.74) is 0.0569. The van der Waals surface area contributed by atoms with E-state index in [2.05, 4.69) is 9.97 Å². The molecule has 1 aromatic carbocycles. The minimum Gasteiger partial charge on any atom is -0.491 e. The van der Waals surface area contributed by atoms with Crippen molar-refractivity contribution in [3.8, 4) is 5.75 Å². The number of aromatic amines is 1. The van der Waals surface area contributed by atoms with Gasteiger partial charge in [-0.05, 0) is 19.4 Å². The highest BCUT2D eigenvalue weighted by molar-refractivity contribution is 5.79. The van der Waals surface area contributed by atoms with E-state index in [1.54, 1.807) is 6.92 Å². The first-order valence-corrected chi connectivity index (χ1v) is 5.44. The van der Waals surface area contributed by atoms with Crippen LogP contribution in [-0.4, -0.2) is 16.6 Å². The minimum absolute atomic E-state index is 0.0931. The molecular weight excluding hydrogens is 223 g/mol. The average molecular weight is 236 g/mol. The van der Waals surface area contributed by atoms with Crippen LogP contribution < -0.4 is 10.3 Å². The van der Waals surface area contributed by atoms with E-state index in [0.29, 0.717) is 23.3 Å². The maximum atomic E-state index is 13.6. The summed E-state index contributed by atoms with van der Waals surface area (Å²) >= 11 is 0. The summed E-state index contributed by atoms with van der Waals surface area (Å²) in [6.07, 6.45) is 0.778. The molecule has 1 aromatic heterocycles. The molecule has 0 aliphatic carbocycles. The highest BCUT2D eigenvalue weighted by Gasteiger charge is 2.09. The number of rotatable bonds is 3. The van der Waals surface area contributed by atoms with Crippen molar-refractivity contribution in [2.24, 2.45) is 0 Å². The zero-order valence-corrected chi connectivity index (χ0v) is 9.71. The minimum atomic E-state index is -0.497. The number of benzene rings is 1. The molecule has 0 aliphatic rings. The van der Waals surface area contributed by atoms with Gasteiger partial charge in [0.05, 0.1) is 17.5 Å². The molecule has 0 bridgehead atoms. The fraction of sp³-hybridized carbons (Fsp3) is 0.333. The molecule has 90 valence electrons. The molecule has 0 spiro atoms. The number of aromatic nitrogens is 2. The van der Waals surface area contributed by atoms with Crippen molar-refractivity contribution in [1.82, 2.24) is 9.97 Å². The van der Waals surface area contributed by atoms with E-state index >= 15 is 0 Å². The number of hydrogen-bond acceptors (Lipinski definition) is 3. The van der Waals surface area contributed by atoms with Crippen LogP contribution in [0.25, 0.3) is 10.9 Å². The van der Waals surface area contributed by atoms with Gasteiger partial charge in [0, 0.05) is 6.07 Å². The predicted molar refractivity (Wildman–Crippen MR) is 62.8 cm³/mol. The Kier molecular flexibility index (Phi) is 3.08. The van der Waals surface area contributed by atoms with Gasteiger partial charge in [-0.15, -0.1) is 0 Å². The first kappa shape index (κ1) is 11.6. The van der Waals surface area contributed by atoms with E-state index in [1.165, 1.54) is 12.1 Å². The molecule has 2 rings (SSSR count). The molecule has 0 fully saturated rings. The van der Waals surface area contributed by atoms with E-state index in [-0.39, 0.29) is 11.3 Å². The average Bonchev–Trinajstić information content (AvgIpc) is 2.26. The lowest BCUT2D eigenvalue weighted by Crippen LogP contribution is -2.10. The Hall–Kier alpha value is -1.91. The number of fused-ring (bicyclic) bond motifs is 1. The number of hydrogen-bond donors (Lipinski definition) is 1. The van der Waals surface area contributed by atoms with E-state index in [9.17, 15) is 9.18 Å².